The Balaban J connectivity index is 1.97. The van der Waals surface area contributed by atoms with Crippen molar-refractivity contribution in [1.82, 2.24) is 9.62 Å². The molecule has 5 nitrogen and oxygen atoms in total. The number of rotatable bonds is 8. The molecule has 0 bridgehead atoms. The van der Waals surface area contributed by atoms with Crippen LogP contribution in [0.15, 0.2) is 23.1 Å². The van der Waals surface area contributed by atoms with Crippen molar-refractivity contribution in [2.75, 3.05) is 19.6 Å². The fraction of sp³-hybridized carbons (Fsp3) is 0.571. The molecular formula is C14H22FN3O2S. The van der Waals surface area contributed by atoms with Crippen molar-refractivity contribution >= 4 is 10.0 Å². The van der Waals surface area contributed by atoms with Crippen LogP contribution in [0.25, 0.3) is 0 Å². The van der Waals surface area contributed by atoms with E-state index in [1.807, 2.05) is 0 Å². The van der Waals surface area contributed by atoms with Gasteiger partial charge in [0.05, 0.1) is 4.90 Å². The monoisotopic (exact) mass is 315 g/mol. The second-order valence-electron chi connectivity index (χ2n) is 5.21. The zero-order chi connectivity index (χ0) is 15.5. The molecule has 1 aromatic carbocycles. The van der Waals surface area contributed by atoms with Gasteiger partial charge in [0.1, 0.15) is 5.82 Å². The first-order valence-corrected chi connectivity index (χ1v) is 8.68. The third-order valence-corrected chi connectivity index (χ3v) is 5.17. The minimum atomic E-state index is -3.62. The Hall–Kier alpha value is -1.02. The normalized spacial score (nSPS) is 15.6. The van der Waals surface area contributed by atoms with E-state index in [0.717, 1.165) is 12.6 Å². The molecule has 0 aliphatic heterocycles. The second kappa shape index (κ2) is 6.83. The van der Waals surface area contributed by atoms with Crippen LogP contribution in [0.4, 0.5) is 4.39 Å². The van der Waals surface area contributed by atoms with Gasteiger partial charge in [0.15, 0.2) is 0 Å². The summed E-state index contributed by atoms with van der Waals surface area (Å²) in [5.74, 6) is -0.484. The van der Waals surface area contributed by atoms with Crippen LogP contribution in [-0.2, 0) is 16.6 Å². The summed E-state index contributed by atoms with van der Waals surface area (Å²) >= 11 is 0. The summed E-state index contributed by atoms with van der Waals surface area (Å²) in [6, 6.07) is 4.29. The van der Waals surface area contributed by atoms with Gasteiger partial charge in [0, 0.05) is 31.2 Å². The topological polar surface area (TPSA) is 75.4 Å². The number of benzene rings is 1. The molecule has 0 radical (unpaired) electrons. The first kappa shape index (κ1) is 16.4. The van der Waals surface area contributed by atoms with Gasteiger partial charge in [0.25, 0.3) is 0 Å². The number of nitrogens with one attached hydrogen (secondary N) is 1. The average molecular weight is 315 g/mol. The Morgan fingerprint density at radius 1 is 1.43 bits per heavy atom. The van der Waals surface area contributed by atoms with Crippen molar-refractivity contribution in [3.8, 4) is 0 Å². The van der Waals surface area contributed by atoms with E-state index in [0.29, 0.717) is 19.1 Å². The summed E-state index contributed by atoms with van der Waals surface area (Å²) in [7, 11) is -3.62. The van der Waals surface area contributed by atoms with Crippen LogP contribution in [0.3, 0.4) is 0 Å². The molecule has 1 fully saturated rings. The maximum atomic E-state index is 13.4. The summed E-state index contributed by atoms with van der Waals surface area (Å²) in [5, 5.41) is 0. The number of halogens is 1. The van der Waals surface area contributed by atoms with Crippen molar-refractivity contribution < 1.29 is 12.8 Å². The van der Waals surface area contributed by atoms with Gasteiger partial charge in [-0.1, -0.05) is 6.92 Å². The lowest BCUT2D eigenvalue weighted by molar-refractivity contribution is 0.282. The van der Waals surface area contributed by atoms with Gasteiger partial charge in [-0.05, 0) is 37.6 Å². The number of nitrogens with two attached hydrogens (primary N) is 1. The van der Waals surface area contributed by atoms with Gasteiger partial charge < -0.3 is 5.73 Å². The summed E-state index contributed by atoms with van der Waals surface area (Å²) in [6.07, 6.45) is 2.39. The molecule has 1 aliphatic rings. The Kier molecular flexibility index (Phi) is 5.32. The smallest absolute Gasteiger partial charge is 0.240 e. The van der Waals surface area contributed by atoms with Crippen molar-refractivity contribution in [2.24, 2.45) is 5.73 Å². The number of nitrogens with zero attached hydrogens (tertiary/aromatic N) is 1. The van der Waals surface area contributed by atoms with Gasteiger partial charge in [0.2, 0.25) is 10.0 Å². The Labute approximate surface area is 125 Å². The van der Waals surface area contributed by atoms with E-state index in [1.165, 1.54) is 25.0 Å². The molecule has 0 amide bonds. The Morgan fingerprint density at radius 2 is 2.14 bits per heavy atom. The standard InChI is InChI=1S/C14H22FN3O2S/c1-2-18(12-3-4-12)8-7-17-21(19,20)13-5-6-14(15)11(9-13)10-16/h5-6,9,12,17H,2-4,7-8,10,16H2,1H3. The lowest BCUT2D eigenvalue weighted by atomic mass is 10.2. The molecule has 0 saturated heterocycles. The van der Waals surface area contributed by atoms with Gasteiger partial charge in [-0.15, -0.1) is 0 Å². The largest absolute Gasteiger partial charge is 0.326 e. The summed E-state index contributed by atoms with van der Waals surface area (Å²) in [5.41, 5.74) is 5.60. The van der Waals surface area contributed by atoms with Crippen LogP contribution in [0.2, 0.25) is 0 Å². The molecule has 21 heavy (non-hydrogen) atoms. The predicted octanol–water partition coefficient (Wildman–Crippen LogP) is 1.05. The highest BCUT2D eigenvalue weighted by molar-refractivity contribution is 7.89. The number of sulfonamides is 1. The van der Waals surface area contributed by atoms with E-state index < -0.39 is 15.8 Å². The zero-order valence-electron chi connectivity index (χ0n) is 12.2. The molecule has 1 saturated carbocycles. The van der Waals surface area contributed by atoms with Crippen LogP contribution >= 0.6 is 0 Å². The van der Waals surface area contributed by atoms with Crippen LogP contribution in [0.1, 0.15) is 25.3 Å². The second-order valence-corrected chi connectivity index (χ2v) is 6.98. The molecule has 0 aromatic heterocycles. The predicted molar refractivity (Wildman–Crippen MR) is 79.7 cm³/mol. The molecule has 7 heteroatoms. The fourth-order valence-corrected chi connectivity index (χ4v) is 3.39. The quantitative estimate of drug-likeness (QED) is 0.752. The molecule has 0 spiro atoms. The van der Waals surface area contributed by atoms with E-state index in [4.69, 9.17) is 5.73 Å². The maximum Gasteiger partial charge on any atom is 0.240 e. The summed E-state index contributed by atoms with van der Waals surface area (Å²) in [4.78, 5) is 2.32. The molecular weight excluding hydrogens is 293 g/mol. The lowest BCUT2D eigenvalue weighted by Crippen LogP contribution is -2.36. The molecule has 2 rings (SSSR count). The minimum Gasteiger partial charge on any atom is -0.326 e. The van der Waals surface area contributed by atoms with Crippen LogP contribution in [0, 0.1) is 5.82 Å². The SMILES string of the molecule is CCN(CCNS(=O)(=O)c1ccc(F)c(CN)c1)C1CC1. The molecule has 0 atom stereocenters. The molecule has 0 heterocycles. The number of hydrogen-bond acceptors (Lipinski definition) is 4. The van der Waals surface area contributed by atoms with E-state index in [-0.39, 0.29) is 17.0 Å². The first-order chi connectivity index (χ1) is 9.97. The third kappa shape index (κ3) is 4.23. The minimum absolute atomic E-state index is 0.0273. The van der Waals surface area contributed by atoms with Crippen molar-refractivity contribution in [2.45, 2.75) is 37.2 Å². The van der Waals surface area contributed by atoms with Crippen LogP contribution < -0.4 is 10.5 Å². The Bertz CT molecular complexity index is 588. The highest BCUT2D eigenvalue weighted by atomic mass is 32.2. The lowest BCUT2D eigenvalue weighted by Gasteiger charge is -2.19. The summed E-state index contributed by atoms with van der Waals surface area (Å²) in [6.45, 7) is 3.99. The first-order valence-electron chi connectivity index (χ1n) is 7.20. The third-order valence-electron chi connectivity index (χ3n) is 3.71. The number of hydrogen-bond donors (Lipinski definition) is 2. The Morgan fingerprint density at radius 3 is 2.71 bits per heavy atom. The maximum absolute atomic E-state index is 13.4. The van der Waals surface area contributed by atoms with Crippen molar-refractivity contribution in [1.29, 1.82) is 0 Å². The van der Waals surface area contributed by atoms with Crippen LogP contribution in [0.5, 0.6) is 0 Å². The van der Waals surface area contributed by atoms with Gasteiger partial charge >= 0.3 is 0 Å². The van der Waals surface area contributed by atoms with Crippen molar-refractivity contribution in [3.05, 3.63) is 29.6 Å². The van der Waals surface area contributed by atoms with Gasteiger partial charge in [-0.2, -0.15) is 0 Å². The average Bonchev–Trinajstić information content (AvgIpc) is 3.28. The molecule has 3 N–H and O–H groups in total. The molecule has 118 valence electrons. The highest BCUT2D eigenvalue weighted by Crippen LogP contribution is 2.25. The molecule has 0 unspecified atom stereocenters. The van der Waals surface area contributed by atoms with Gasteiger partial charge in [-0.3, -0.25) is 4.90 Å². The van der Waals surface area contributed by atoms with Crippen molar-refractivity contribution in [3.63, 3.8) is 0 Å². The summed E-state index contributed by atoms with van der Waals surface area (Å²) < 4.78 is 40.3. The van der Waals surface area contributed by atoms with E-state index in [2.05, 4.69) is 16.5 Å². The molecule has 1 aromatic rings. The number of likely N-dealkylation sites (N-methyl/N-ethyl adjacent to an activating group) is 1. The van der Waals surface area contributed by atoms with Gasteiger partial charge in [-0.25, -0.2) is 17.5 Å². The zero-order valence-corrected chi connectivity index (χ0v) is 13.0. The highest BCUT2D eigenvalue weighted by Gasteiger charge is 2.27. The van der Waals surface area contributed by atoms with Crippen LogP contribution in [-0.4, -0.2) is 39.0 Å². The fourth-order valence-electron chi connectivity index (χ4n) is 2.32. The van der Waals surface area contributed by atoms with E-state index >= 15 is 0 Å². The van der Waals surface area contributed by atoms with E-state index in [1.54, 1.807) is 0 Å². The van der Waals surface area contributed by atoms with E-state index in [9.17, 15) is 12.8 Å². The molecule has 1 aliphatic carbocycles.